The first-order valence-electron chi connectivity index (χ1n) is 8.21. The van der Waals surface area contributed by atoms with Crippen LogP contribution in [0, 0.1) is 13.8 Å². The number of aromatic nitrogens is 2. The van der Waals surface area contributed by atoms with Crippen LogP contribution in [0.15, 0.2) is 25.9 Å². The number of nitrogens with zero attached hydrogens (tertiary/aromatic N) is 3. The van der Waals surface area contributed by atoms with Gasteiger partial charge in [-0.15, -0.1) is 0 Å². The molecule has 25 heavy (non-hydrogen) atoms. The molecule has 134 valence electrons. The average molecular weight is 409 g/mol. The molecule has 1 aliphatic rings. The van der Waals surface area contributed by atoms with Crippen LogP contribution in [-0.2, 0) is 7.05 Å². The van der Waals surface area contributed by atoms with Crippen LogP contribution in [-0.4, -0.2) is 34.8 Å². The normalized spacial score (nSPS) is 15.4. The number of amides is 1. The average Bonchev–Trinajstić information content (AvgIpc) is 2.92. The topological polar surface area (TPSA) is 80.4 Å². The Hall–Kier alpha value is -2.09. The van der Waals surface area contributed by atoms with E-state index in [4.69, 9.17) is 4.42 Å². The molecule has 0 unspecified atom stereocenters. The van der Waals surface area contributed by atoms with Gasteiger partial charge in [-0.3, -0.25) is 9.59 Å². The molecule has 2 aromatic heterocycles. The fourth-order valence-electron chi connectivity index (χ4n) is 3.11. The number of hydrogen-bond donors (Lipinski definition) is 1. The number of nitrogens with one attached hydrogen (secondary N) is 1. The predicted octanol–water partition coefficient (Wildman–Crippen LogP) is 2.15. The SMILES string of the molecule is Cc1cc(C(=O)NC2CCN(c3cnn(C)c(=O)c3Br)CC2)c(C)o1. The smallest absolute Gasteiger partial charge is 0.282 e. The number of aryl methyl sites for hydroxylation is 3. The first-order valence-corrected chi connectivity index (χ1v) is 9.00. The molecule has 1 saturated heterocycles. The van der Waals surface area contributed by atoms with Crippen molar-refractivity contribution in [2.45, 2.75) is 32.7 Å². The van der Waals surface area contributed by atoms with Gasteiger partial charge in [0.25, 0.3) is 11.5 Å². The number of carbonyl (C=O) groups is 1. The van der Waals surface area contributed by atoms with Gasteiger partial charge in [0.1, 0.15) is 16.0 Å². The number of furan rings is 1. The molecule has 0 radical (unpaired) electrons. The Labute approximate surface area is 154 Å². The second-order valence-corrected chi connectivity index (χ2v) is 7.13. The number of rotatable bonds is 3. The van der Waals surface area contributed by atoms with Crippen molar-refractivity contribution in [1.82, 2.24) is 15.1 Å². The van der Waals surface area contributed by atoms with Crippen LogP contribution in [0.4, 0.5) is 5.69 Å². The molecule has 1 N–H and O–H groups in total. The summed E-state index contributed by atoms with van der Waals surface area (Å²) < 4.78 is 7.25. The molecular formula is C17H21BrN4O3. The summed E-state index contributed by atoms with van der Waals surface area (Å²) in [6, 6.07) is 1.87. The van der Waals surface area contributed by atoms with Crippen molar-refractivity contribution < 1.29 is 9.21 Å². The van der Waals surface area contributed by atoms with E-state index in [0.29, 0.717) is 15.8 Å². The van der Waals surface area contributed by atoms with E-state index in [9.17, 15) is 9.59 Å². The highest BCUT2D eigenvalue weighted by atomic mass is 79.9. The van der Waals surface area contributed by atoms with E-state index < -0.39 is 0 Å². The maximum Gasteiger partial charge on any atom is 0.282 e. The zero-order valence-corrected chi connectivity index (χ0v) is 16.1. The van der Waals surface area contributed by atoms with Crippen molar-refractivity contribution in [3.63, 3.8) is 0 Å². The summed E-state index contributed by atoms with van der Waals surface area (Å²) in [5, 5.41) is 7.16. The molecule has 3 heterocycles. The maximum absolute atomic E-state index is 12.4. The second kappa shape index (κ2) is 7.03. The van der Waals surface area contributed by atoms with Gasteiger partial charge in [0, 0.05) is 26.2 Å². The van der Waals surface area contributed by atoms with Crippen molar-refractivity contribution in [2.24, 2.45) is 7.05 Å². The van der Waals surface area contributed by atoms with Crippen molar-refractivity contribution >= 4 is 27.5 Å². The zero-order chi connectivity index (χ0) is 18.1. The van der Waals surface area contributed by atoms with E-state index >= 15 is 0 Å². The minimum atomic E-state index is -0.154. The number of hydrogen-bond acceptors (Lipinski definition) is 5. The van der Waals surface area contributed by atoms with Crippen LogP contribution >= 0.6 is 15.9 Å². The van der Waals surface area contributed by atoms with E-state index in [2.05, 4.69) is 31.2 Å². The summed E-state index contributed by atoms with van der Waals surface area (Å²) in [6.45, 7) is 5.13. The minimum absolute atomic E-state index is 0.0933. The van der Waals surface area contributed by atoms with E-state index in [1.807, 2.05) is 6.92 Å². The van der Waals surface area contributed by atoms with Crippen LogP contribution in [0.3, 0.4) is 0 Å². The predicted molar refractivity (Wildman–Crippen MR) is 98.1 cm³/mol. The molecule has 0 bridgehead atoms. The van der Waals surface area contributed by atoms with Gasteiger partial charge in [-0.25, -0.2) is 4.68 Å². The maximum atomic E-state index is 12.4. The lowest BCUT2D eigenvalue weighted by Gasteiger charge is -2.34. The van der Waals surface area contributed by atoms with E-state index in [1.54, 1.807) is 26.2 Å². The molecule has 0 aromatic carbocycles. The van der Waals surface area contributed by atoms with Crippen LogP contribution in [0.2, 0.25) is 0 Å². The van der Waals surface area contributed by atoms with Gasteiger partial charge < -0.3 is 14.6 Å². The number of carbonyl (C=O) groups excluding carboxylic acids is 1. The van der Waals surface area contributed by atoms with Gasteiger partial charge in [0.2, 0.25) is 0 Å². The third kappa shape index (κ3) is 3.63. The van der Waals surface area contributed by atoms with Gasteiger partial charge in [0.05, 0.1) is 17.4 Å². The monoisotopic (exact) mass is 408 g/mol. The molecule has 1 fully saturated rings. The van der Waals surface area contributed by atoms with Crippen LogP contribution in [0.5, 0.6) is 0 Å². The number of halogens is 1. The number of piperidine rings is 1. The molecule has 1 amide bonds. The second-order valence-electron chi connectivity index (χ2n) is 6.33. The van der Waals surface area contributed by atoms with E-state index in [-0.39, 0.29) is 17.5 Å². The summed E-state index contributed by atoms with van der Waals surface area (Å²) in [5.41, 5.74) is 1.24. The third-order valence-electron chi connectivity index (χ3n) is 4.52. The largest absolute Gasteiger partial charge is 0.466 e. The lowest BCUT2D eigenvalue weighted by Crippen LogP contribution is -2.45. The molecule has 8 heteroatoms. The highest BCUT2D eigenvalue weighted by molar-refractivity contribution is 9.10. The number of anilines is 1. The Kier molecular flexibility index (Phi) is 4.99. The molecule has 1 aliphatic heterocycles. The zero-order valence-electron chi connectivity index (χ0n) is 14.5. The lowest BCUT2D eigenvalue weighted by atomic mass is 10.0. The highest BCUT2D eigenvalue weighted by Gasteiger charge is 2.24. The Balaban J connectivity index is 1.63. The highest BCUT2D eigenvalue weighted by Crippen LogP contribution is 2.25. The Morgan fingerprint density at radius 1 is 1.36 bits per heavy atom. The Morgan fingerprint density at radius 3 is 2.64 bits per heavy atom. The molecule has 7 nitrogen and oxygen atoms in total. The Bertz CT molecular complexity index is 850. The molecule has 0 atom stereocenters. The fourth-order valence-corrected chi connectivity index (χ4v) is 3.72. The molecule has 0 spiro atoms. The Morgan fingerprint density at radius 2 is 2.04 bits per heavy atom. The summed E-state index contributed by atoms with van der Waals surface area (Å²) >= 11 is 3.37. The van der Waals surface area contributed by atoms with Gasteiger partial charge in [-0.1, -0.05) is 0 Å². The third-order valence-corrected chi connectivity index (χ3v) is 5.26. The van der Waals surface area contributed by atoms with Gasteiger partial charge in [-0.05, 0) is 48.7 Å². The van der Waals surface area contributed by atoms with Crippen LogP contribution < -0.4 is 15.8 Å². The standard InChI is InChI=1S/C17H21BrN4O3/c1-10-8-13(11(2)25-10)16(23)20-12-4-6-22(7-5-12)14-9-19-21(3)17(24)15(14)18/h8-9,12H,4-7H2,1-3H3,(H,20,23). The molecule has 3 rings (SSSR count). The molecule has 2 aromatic rings. The summed E-state index contributed by atoms with van der Waals surface area (Å²) in [6.07, 6.45) is 3.31. The van der Waals surface area contributed by atoms with Gasteiger partial charge >= 0.3 is 0 Å². The molecular weight excluding hydrogens is 388 g/mol. The van der Waals surface area contributed by atoms with Crippen molar-refractivity contribution in [1.29, 1.82) is 0 Å². The van der Waals surface area contributed by atoms with Crippen LogP contribution in [0.25, 0.3) is 0 Å². The first-order chi connectivity index (χ1) is 11.9. The lowest BCUT2D eigenvalue weighted by molar-refractivity contribution is 0.0929. The van der Waals surface area contributed by atoms with Crippen LogP contribution in [0.1, 0.15) is 34.7 Å². The van der Waals surface area contributed by atoms with Gasteiger partial charge in [0.15, 0.2) is 0 Å². The van der Waals surface area contributed by atoms with Crippen molar-refractivity contribution in [2.75, 3.05) is 18.0 Å². The van der Waals surface area contributed by atoms with E-state index in [1.165, 1.54) is 4.68 Å². The first kappa shape index (κ1) is 17.7. The quantitative estimate of drug-likeness (QED) is 0.841. The fraction of sp³-hybridized carbons (Fsp3) is 0.471. The summed E-state index contributed by atoms with van der Waals surface area (Å²) in [5.74, 6) is 1.28. The van der Waals surface area contributed by atoms with Gasteiger partial charge in [-0.2, -0.15) is 5.10 Å². The minimum Gasteiger partial charge on any atom is -0.466 e. The summed E-state index contributed by atoms with van der Waals surface area (Å²) in [4.78, 5) is 26.5. The van der Waals surface area contributed by atoms with Crippen molar-refractivity contribution in [3.05, 3.63) is 44.2 Å². The van der Waals surface area contributed by atoms with Crippen molar-refractivity contribution in [3.8, 4) is 0 Å². The van der Waals surface area contributed by atoms with E-state index in [0.717, 1.165) is 37.4 Å². The molecule has 0 aliphatic carbocycles. The summed E-state index contributed by atoms with van der Waals surface area (Å²) in [7, 11) is 1.62. The molecule has 0 saturated carbocycles.